The molecule has 6 heteroatoms. The van der Waals surface area contributed by atoms with E-state index in [0.717, 1.165) is 11.1 Å². The molecule has 0 spiro atoms. The fourth-order valence-corrected chi connectivity index (χ4v) is 2.20. The van der Waals surface area contributed by atoms with Crippen molar-refractivity contribution in [2.75, 3.05) is 6.61 Å². The number of hydrogen-bond acceptors (Lipinski definition) is 4. The second-order valence-corrected chi connectivity index (χ2v) is 4.22. The smallest absolute Gasteiger partial charge is 0.275 e. The normalized spacial score (nSPS) is 12.7. The first-order valence-electron chi connectivity index (χ1n) is 5.86. The quantitative estimate of drug-likeness (QED) is 0.645. The van der Waals surface area contributed by atoms with Gasteiger partial charge in [0.05, 0.1) is 18.5 Å². The maximum atomic E-state index is 11.6. The van der Waals surface area contributed by atoms with E-state index in [1.165, 1.54) is 6.33 Å². The summed E-state index contributed by atoms with van der Waals surface area (Å²) >= 11 is 0. The fraction of sp³-hybridized carbons (Fsp3) is 0.154. The summed E-state index contributed by atoms with van der Waals surface area (Å²) in [6, 6.07) is 3.70. The standard InChI is InChI=1S/C13H12N4O2/c18-6-10(8-2-1-3-14-4-8)9-5-15-12-11(9)16-7-17-13(12)19/h1-5,7,10,15,18H,6H2,(H,16,17,19). The summed E-state index contributed by atoms with van der Waals surface area (Å²) in [5, 5.41) is 9.62. The molecule has 0 saturated carbocycles. The molecule has 0 aliphatic heterocycles. The fourth-order valence-electron chi connectivity index (χ4n) is 2.20. The van der Waals surface area contributed by atoms with Gasteiger partial charge in [-0.2, -0.15) is 0 Å². The molecule has 0 aliphatic carbocycles. The van der Waals surface area contributed by atoms with Crippen LogP contribution in [0.25, 0.3) is 11.0 Å². The van der Waals surface area contributed by atoms with Crippen LogP contribution in [0.15, 0.2) is 41.8 Å². The summed E-state index contributed by atoms with van der Waals surface area (Å²) in [6.07, 6.45) is 6.45. The molecule has 1 atom stereocenters. The molecule has 19 heavy (non-hydrogen) atoms. The van der Waals surface area contributed by atoms with Gasteiger partial charge in [-0.05, 0) is 11.6 Å². The summed E-state index contributed by atoms with van der Waals surface area (Å²) in [7, 11) is 0. The Morgan fingerprint density at radius 3 is 3.00 bits per heavy atom. The Labute approximate surface area is 108 Å². The Morgan fingerprint density at radius 2 is 2.26 bits per heavy atom. The Balaban J connectivity index is 2.18. The number of aromatic amines is 2. The maximum Gasteiger partial charge on any atom is 0.275 e. The Kier molecular flexibility index (Phi) is 2.85. The van der Waals surface area contributed by atoms with Crippen molar-refractivity contribution < 1.29 is 5.11 Å². The molecular weight excluding hydrogens is 244 g/mol. The molecule has 0 aliphatic rings. The number of aliphatic hydroxyl groups excluding tert-OH is 1. The molecule has 0 aromatic carbocycles. The van der Waals surface area contributed by atoms with Crippen LogP contribution in [0.5, 0.6) is 0 Å². The van der Waals surface area contributed by atoms with Gasteiger partial charge in [0, 0.05) is 30.1 Å². The highest BCUT2D eigenvalue weighted by Crippen LogP contribution is 2.27. The zero-order valence-electron chi connectivity index (χ0n) is 10.00. The van der Waals surface area contributed by atoms with Crippen molar-refractivity contribution in [3.63, 3.8) is 0 Å². The van der Waals surface area contributed by atoms with E-state index in [4.69, 9.17) is 0 Å². The first-order chi connectivity index (χ1) is 9.31. The van der Waals surface area contributed by atoms with Gasteiger partial charge in [-0.15, -0.1) is 0 Å². The van der Waals surface area contributed by atoms with Crippen molar-refractivity contribution in [1.82, 2.24) is 19.9 Å². The predicted octanol–water partition coefficient (Wildman–Crippen LogP) is 0.770. The molecule has 6 nitrogen and oxygen atoms in total. The van der Waals surface area contributed by atoms with Crippen LogP contribution in [0.1, 0.15) is 17.0 Å². The van der Waals surface area contributed by atoms with Gasteiger partial charge in [0.25, 0.3) is 5.56 Å². The Hall–Kier alpha value is -2.47. The van der Waals surface area contributed by atoms with E-state index < -0.39 is 0 Å². The lowest BCUT2D eigenvalue weighted by Gasteiger charge is -2.12. The number of H-pyrrole nitrogens is 2. The van der Waals surface area contributed by atoms with E-state index in [1.54, 1.807) is 18.6 Å². The van der Waals surface area contributed by atoms with E-state index in [9.17, 15) is 9.90 Å². The number of nitrogens with zero attached hydrogens (tertiary/aromatic N) is 2. The SMILES string of the molecule is O=c1[nH]cnc2c(C(CO)c3cccnc3)c[nH]c12. The van der Waals surface area contributed by atoms with E-state index in [-0.39, 0.29) is 18.1 Å². The third-order valence-electron chi connectivity index (χ3n) is 3.14. The lowest BCUT2D eigenvalue weighted by Crippen LogP contribution is -2.09. The van der Waals surface area contributed by atoms with Crippen molar-refractivity contribution in [1.29, 1.82) is 0 Å². The number of nitrogens with one attached hydrogen (secondary N) is 2. The van der Waals surface area contributed by atoms with Gasteiger partial charge in [0.2, 0.25) is 0 Å². The summed E-state index contributed by atoms with van der Waals surface area (Å²) in [5.41, 5.74) is 2.44. The number of aromatic nitrogens is 4. The highest BCUT2D eigenvalue weighted by molar-refractivity contribution is 5.78. The van der Waals surface area contributed by atoms with E-state index >= 15 is 0 Å². The van der Waals surface area contributed by atoms with Crippen LogP contribution in [0.4, 0.5) is 0 Å². The van der Waals surface area contributed by atoms with Crippen LogP contribution in [-0.2, 0) is 0 Å². The van der Waals surface area contributed by atoms with Gasteiger partial charge in [0.15, 0.2) is 0 Å². The van der Waals surface area contributed by atoms with Crippen LogP contribution in [0.2, 0.25) is 0 Å². The van der Waals surface area contributed by atoms with Gasteiger partial charge >= 0.3 is 0 Å². The molecule has 3 rings (SSSR count). The van der Waals surface area contributed by atoms with Crippen molar-refractivity contribution in [3.05, 3.63) is 58.5 Å². The maximum absolute atomic E-state index is 11.6. The minimum absolute atomic E-state index is 0.0763. The molecule has 96 valence electrons. The van der Waals surface area contributed by atoms with E-state index in [2.05, 4.69) is 19.9 Å². The lowest BCUT2D eigenvalue weighted by molar-refractivity contribution is 0.281. The van der Waals surface area contributed by atoms with Gasteiger partial charge < -0.3 is 15.1 Å². The molecule has 0 fully saturated rings. The predicted molar refractivity (Wildman–Crippen MR) is 69.9 cm³/mol. The number of aliphatic hydroxyl groups is 1. The molecule has 3 N–H and O–H groups in total. The minimum atomic E-state index is -0.253. The summed E-state index contributed by atoms with van der Waals surface area (Å²) in [6.45, 7) is -0.0763. The molecule has 3 aromatic rings. The highest BCUT2D eigenvalue weighted by Gasteiger charge is 2.19. The van der Waals surface area contributed by atoms with Gasteiger partial charge in [-0.1, -0.05) is 6.07 Å². The molecule has 0 radical (unpaired) electrons. The first kappa shape index (κ1) is 11.6. The molecule has 3 aromatic heterocycles. The number of rotatable bonds is 3. The van der Waals surface area contributed by atoms with E-state index in [1.807, 2.05) is 12.1 Å². The van der Waals surface area contributed by atoms with Crippen LogP contribution in [-0.4, -0.2) is 31.6 Å². The largest absolute Gasteiger partial charge is 0.395 e. The summed E-state index contributed by atoms with van der Waals surface area (Å²) < 4.78 is 0. The topological polar surface area (TPSA) is 94.7 Å². The first-order valence-corrected chi connectivity index (χ1v) is 5.86. The summed E-state index contributed by atoms with van der Waals surface area (Å²) in [4.78, 5) is 25.3. The van der Waals surface area contributed by atoms with Crippen LogP contribution in [0.3, 0.4) is 0 Å². The zero-order chi connectivity index (χ0) is 13.2. The molecule has 0 amide bonds. The van der Waals surface area contributed by atoms with Crippen molar-refractivity contribution in [3.8, 4) is 0 Å². The van der Waals surface area contributed by atoms with Crippen molar-refractivity contribution in [2.45, 2.75) is 5.92 Å². The zero-order valence-corrected chi connectivity index (χ0v) is 10.00. The monoisotopic (exact) mass is 256 g/mol. The lowest BCUT2D eigenvalue weighted by atomic mass is 9.95. The second-order valence-electron chi connectivity index (χ2n) is 4.22. The van der Waals surface area contributed by atoms with Crippen LogP contribution in [0, 0.1) is 0 Å². The van der Waals surface area contributed by atoms with Gasteiger partial charge in [0.1, 0.15) is 5.52 Å². The number of fused-ring (bicyclic) bond motifs is 1. The highest BCUT2D eigenvalue weighted by atomic mass is 16.3. The number of hydrogen-bond donors (Lipinski definition) is 3. The molecule has 3 heterocycles. The van der Waals surface area contributed by atoms with Gasteiger partial charge in [-0.25, -0.2) is 4.98 Å². The second kappa shape index (κ2) is 4.66. The van der Waals surface area contributed by atoms with E-state index in [0.29, 0.717) is 11.0 Å². The third kappa shape index (κ3) is 1.92. The molecule has 0 saturated heterocycles. The Morgan fingerprint density at radius 1 is 1.37 bits per heavy atom. The molecular formula is C13H12N4O2. The molecule has 0 bridgehead atoms. The average molecular weight is 256 g/mol. The van der Waals surface area contributed by atoms with Crippen molar-refractivity contribution >= 4 is 11.0 Å². The third-order valence-corrected chi connectivity index (χ3v) is 3.14. The van der Waals surface area contributed by atoms with Crippen LogP contribution >= 0.6 is 0 Å². The Bertz CT molecular complexity index is 748. The summed E-state index contributed by atoms with van der Waals surface area (Å²) in [5.74, 6) is -0.253. The van der Waals surface area contributed by atoms with Crippen LogP contribution < -0.4 is 5.56 Å². The number of pyridine rings is 1. The average Bonchev–Trinajstić information content (AvgIpc) is 2.87. The molecule has 1 unspecified atom stereocenters. The van der Waals surface area contributed by atoms with Gasteiger partial charge in [-0.3, -0.25) is 9.78 Å². The van der Waals surface area contributed by atoms with Crippen molar-refractivity contribution in [2.24, 2.45) is 0 Å². The minimum Gasteiger partial charge on any atom is -0.395 e.